The lowest BCUT2D eigenvalue weighted by atomic mass is 10.2. The molecule has 0 amide bonds. The summed E-state index contributed by atoms with van der Waals surface area (Å²) in [6.45, 7) is 0.175. The Morgan fingerprint density at radius 3 is 2.65 bits per heavy atom. The highest BCUT2D eigenvalue weighted by Gasteiger charge is 2.11. The van der Waals surface area contributed by atoms with Gasteiger partial charge in [0, 0.05) is 10.6 Å². The summed E-state index contributed by atoms with van der Waals surface area (Å²) < 4.78 is 10.8. The summed E-state index contributed by atoms with van der Waals surface area (Å²) in [6, 6.07) is 11.7. The van der Waals surface area contributed by atoms with E-state index in [1.807, 2.05) is 0 Å². The third-order valence-electron chi connectivity index (χ3n) is 2.74. The van der Waals surface area contributed by atoms with E-state index < -0.39 is 5.97 Å². The van der Waals surface area contributed by atoms with Gasteiger partial charge in [-0.2, -0.15) is 0 Å². The van der Waals surface area contributed by atoms with E-state index in [2.05, 4.69) is 0 Å². The largest absolute Gasteiger partial charge is 0.496 e. The first kappa shape index (κ1) is 14.2. The zero-order chi connectivity index (χ0) is 14.5. The first-order chi connectivity index (χ1) is 9.61. The quantitative estimate of drug-likeness (QED) is 0.914. The van der Waals surface area contributed by atoms with Gasteiger partial charge in [-0.15, -0.1) is 0 Å². The maximum absolute atomic E-state index is 11.1. The predicted octanol–water partition coefficient (Wildman–Crippen LogP) is 3.63. The maximum Gasteiger partial charge on any atom is 0.339 e. The molecular formula is C15H13ClO4. The van der Waals surface area contributed by atoms with Gasteiger partial charge in [0.05, 0.1) is 7.11 Å². The number of aromatic carboxylic acids is 1. The Morgan fingerprint density at radius 1 is 1.20 bits per heavy atom. The zero-order valence-corrected chi connectivity index (χ0v) is 11.6. The summed E-state index contributed by atoms with van der Waals surface area (Å²) in [5, 5.41) is 9.65. The molecule has 1 N–H and O–H groups in total. The van der Waals surface area contributed by atoms with Crippen LogP contribution >= 0.6 is 11.6 Å². The molecule has 2 rings (SSSR count). The third kappa shape index (κ3) is 3.22. The van der Waals surface area contributed by atoms with Crippen LogP contribution in [-0.2, 0) is 6.61 Å². The molecule has 0 atom stereocenters. The molecular weight excluding hydrogens is 280 g/mol. The van der Waals surface area contributed by atoms with Crippen molar-refractivity contribution in [1.82, 2.24) is 0 Å². The predicted molar refractivity (Wildman–Crippen MR) is 75.7 cm³/mol. The molecule has 0 radical (unpaired) electrons. The lowest BCUT2D eigenvalue weighted by molar-refractivity contribution is 0.0691. The molecule has 0 heterocycles. The normalized spacial score (nSPS) is 10.1. The average Bonchev–Trinajstić information content (AvgIpc) is 2.45. The summed E-state index contributed by atoms with van der Waals surface area (Å²) in [7, 11) is 1.55. The number of rotatable bonds is 5. The van der Waals surface area contributed by atoms with Gasteiger partial charge >= 0.3 is 5.97 Å². The molecule has 2 aromatic carbocycles. The van der Waals surface area contributed by atoms with Crippen LogP contribution in [0.25, 0.3) is 0 Å². The lowest BCUT2D eigenvalue weighted by Crippen LogP contribution is -2.04. The topological polar surface area (TPSA) is 55.8 Å². The molecule has 0 saturated heterocycles. The highest BCUT2D eigenvalue weighted by molar-refractivity contribution is 6.30. The van der Waals surface area contributed by atoms with Gasteiger partial charge in [0.2, 0.25) is 0 Å². The Hall–Kier alpha value is -2.20. The number of benzene rings is 2. The van der Waals surface area contributed by atoms with Gasteiger partial charge in [0.25, 0.3) is 0 Å². The van der Waals surface area contributed by atoms with Crippen LogP contribution in [0.2, 0.25) is 5.02 Å². The van der Waals surface area contributed by atoms with E-state index in [-0.39, 0.29) is 12.2 Å². The number of hydrogen-bond donors (Lipinski definition) is 1. The molecule has 0 fully saturated rings. The Labute approximate surface area is 121 Å². The second-order valence-electron chi connectivity index (χ2n) is 4.05. The fourth-order valence-corrected chi connectivity index (χ4v) is 1.98. The van der Waals surface area contributed by atoms with E-state index in [9.17, 15) is 4.79 Å². The molecule has 104 valence electrons. The van der Waals surface area contributed by atoms with E-state index in [1.54, 1.807) is 43.5 Å². The summed E-state index contributed by atoms with van der Waals surface area (Å²) in [5.74, 6) is -0.0807. The molecule has 5 heteroatoms. The van der Waals surface area contributed by atoms with Gasteiger partial charge in [0.15, 0.2) is 0 Å². The van der Waals surface area contributed by atoms with Gasteiger partial charge in [0.1, 0.15) is 23.7 Å². The average molecular weight is 293 g/mol. The number of para-hydroxylation sites is 1. The summed E-state index contributed by atoms with van der Waals surface area (Å²) in [4.78, 5) is 11.1. The minimum atomic E-state index is -1.03. The van der Waals surface area contributed by atoms with Gasteiger partial charge in [-0.05, 0) is 30.3 Å². The molecule has 0 spiro atoms. The van der Waals surface area contributed by atoms with Crippen molar-refractivity contribution in [2.24, 2.45) is 0 Å². The fraction of sp³-hybridized carbons (Fsp3) is 0.133. The smallest absolute Gasteiger partial charge is 0.339 e. The highest BCUT2D eigenvalue weighted by atomic mass is 35.5. The number of carboxylic acid groups (broad SMARTS) is 1. The Kier molecular flexibility index (Phi) is 4.48. The first-order valence-electron chi connectivity index (χ1n) is 5.89. The number of carbonyl (C=O) groups is 1. The van der Waals surface area contributed by atoms with Gasteiger partial charge in [-0.3, -0.25) is 0 Å². The van der Waals surface area contributed by atoms with Crippen molar-refractivity contribution in [2.45, 2.75) is 6.61 Å². The van der Waals surface area contributed by atoms with Crippen molar-refractivity contribution in [2.75, 3.05) is 7.11 Å². The molecule has 4 nitrogen and oxygen atoms in total. The number of carboxylic acids is 1. The number of hydrogen-bond acceptors (Lipinski definition) is 3. The summed E-state index contributed by atoms with van der Waals surface area (Å²) in [6.07, 6.45) is 0. The third-order valence-corrected chi connectivity index (χ3v) is 2.98. The zero-order valence-electron chi connectivity index (χ0n) is 10.8. The van der Waals surface area contributed by atoms with Crippen molar-refractivity contribution in [3.63, 3.8) is 0 Å². The van der Waals surface area contributed by atoms with Gasteiger partial charge in [-0.1, -0.05) is 23.7 Å². The van der Waals surface area contributed by atoms with E-state index in [1.165, 1.54) is 6.07 Å². The minimum absolute atomic E-state index is 0.119. The Bertz CT molecular complexity index is 625. The van der Waals surface area contributed by atoms with Crippen molar-refractivity contribution in [3.8, 4) is 11.5 Å². The lowest BCUT2D eigenvalue weighted by Gasteiger charge is -2.12. The van der Waals surface area contributed by atoms with Crippen LogP contribution in [0.5, 0.6) is 11.5 Å². The second kappa shape index (κ2) is 6.30. The molecule has 2 aromatic rings. The number of halogens is 1. The van der Waals surface area contributed by atoms with Crippen molar-refractivity contribution in [1.29, 1.82) is 0 Å². The van der Waals surface area contributed by atoms with Gasteiger partial charge < -0.3 is 14.6 Å². The standard InChI is InChI=1S/C15H13ClO4/c1-19-13-7-6-11(16)8-10(13)9-20-14-5-3-2-4-12(14)15(17)18/h2-8H,9H2,1H3,(H,17,18). The van der Waals surface area contributed by atoms with Crippen LogP contribution in [0.4, 0.5) is 0 Å². The van der Waals surface area contributed by atoms with Crippen LogP contribution < -0.4 is 9.47 Å². The Morgan fingerprint density at radius 2 is 1.95 bits per heavy atom. The van der Waals surface area contributed by atoms with Gasteiger partial charge in [-0.25, -0.2) is 4.79 Å². The van der Waals surface area contributed by atoms with Crippen LogP contribution in [0.15, 0.2) is 42.5 Å². The second-order valence-corrected chi connectivity index (χ2v) is 4.48. The monoisotopic (exact) mass is 292 g/mol. The fourth-order valence-electron chi connectivity index (χ4n) is 1.78. The first-order valence-corrected chi connectivity index (χ1v) is 6.27. The van der Waals surface area contributed by atoms with Crippen molar-refractivity contribution in [3.05, 3.63) is 58.6 Å². The molecule has 0 aliphatic carbocycles. The maximum atomic E-state index is 11.1. The molecule has 0 aliphatic heterocycles. The van der Waals surface area contributed by atoms with E-state index >= 15 is 0 Å². The van der Waals surface area contributed by atoms with Crippen LogP contribution in [-0.4, -0.2) is 18.2 Å². The van der Waals surface area contributed by atoms with E-state index in [0.29, 0.717) is 16.5 Å². The molecule has 0 unspecified atom stereocenters. The SMILES string of the molecule is COc1ccc(Cl)cc1COc1ccccc1C(=O)O. The highest BCUT2D eigenvalue weighted by Crippen LogP contribution is 2.25. The molecule has 20 heavy (non-hydrogen) atoms. The number of ether oxygens (including phenoxy) is 2. The summed E-state index contributed by atoms with van der Waals surface area (Å²) in [5.41, 5.74) is 0.869. The van der Waals surface area contributed by atoms with E-state index in [4.69, 9.17) is 26.2 Å². The van der Waals surface area contributed by atoms with E-state index in [0.717, 1.165) is 5.56 Å². The number of methoxy groups -OCH3 is 1. The molecule has 0 saturated carbocycles. The molecule has 0 aromatic heterocycles. The molecule has 0 bridgehead atoms. The molecule has 0 aliphatic rings. The van der Waals surface area contributed by atoms with Crippen LogP contribution in [0.1, 0.15) is 15.9 Å². The van der Waals surface area contributed by atoms with Crippen LogP contribution in [0, 0.1) is 0 Å². The van der Waals surface area contributed by atoms with Crippen LogP contribution in [0.3, 0.4) is 0 Å². The minimum Gasteiger partial charge on any atom is -0.496 e. The Balaban J connectivity index is 2.21. The van der Waals surface area contributed by atoms with Crippen molar-refractivity contribution < 1.29 is 19.4 Å². The summed E-state index contributed by atoms with van der Waals surface area (Å²) >= 11 is 5.93. The van der Waals surface area contributed by atoms with Crippen molar-refractivity contribution >= 4 is 17.6 Å².